The van der Waals surface area contributed by atoms with Gasteiger partial charge in [-0.25, -0.2) is 0 Å². The Labute approximate surface area is 124 Å². The highest BCUT2D eigenvalue weighted by Gasteiger charge is 2.48. The van der Waals surface area contributed by atoms with Crippen molar-refractivity contribution in [2.75, 3.05) is 6.61 Å². The molecule has 0 heterocycles. The highest BCUT2D eigenvalue weighted by molar-refractivity contribution is 5.27. The van der Waals surface area contributed by atoms with Crippen molar-refractivity contribution in [1.29, 1.82) is 0 Å². The lowest BCUT2D eigenvalue weighted by Crippen LogP contribution is -2.60. The fraction of sp³-hybridized carbons (Fsp3) is 0.625. The van der Waals surface area contributed by atoms with E-state index in [2.05, 4.69) is 23.9 Å². The summed E-state index contributed by atoms with van der Waals surface area (Å²) >= 11 is 0. The van der Waals surface area contributed by atoms with Crippen LogP contribution in [0.3, 0.4) is 0 Å². The molecule has 3 nitrogen and oxygen atoms in total. The SMILES string of the molecule is CCOC1CC(NCc2ccc(OC(F)F)cc2)C1(C)C. The third-order valence-electron chi connectivity index (χ3n) is 4.25. The van der Waals surface area contributed by atoms with Gasteiger partial charge < -0.3 is 14.8 Å². The molecule has 0 saturated heterocycles. The molecule has 21 heavy (non-hydrogen) atoms. The summed E-state index contributed by atoms with van der Waals surface area (Å²) in [5.74, 6) is 0.189. The van der Waals surface area contributed by atoms with Gasteiger partial charge in [-0.2, -0.15) is 8.78 Å². The van der Waals surface area contributed by atoms with Gasteiger partial charge in [-0.1, -0.05) is 26.0 Å². The summed E-state index contributed by atoms with van der Waals surface area (Å²) in [5.41, 5.74) is 1.17. The molecule has 1 aromatic carbocycles. The fourth-order valence-corrected chi connectivity index (χ4v) is 2.75. The largest absolute Gasteiger partial charge is 0.435 e. The fourth-order valence-electron chi connectivity index (χ4n) is 2.75. The number of alkyl halides is 2. The van der Waals surface area contributed by atoms with Gasteiger partial charge >= 0.3 is 6.61 Å². The van der Waals surface area contributed by atoms with Crippen LogP contribution in [0.5, 0.6) is 5.75 Å². The normalized spacial score (nSPS) is 23.9. The molecule has 1 aliphatic rings. The van der Waals surface area contributed by atoms with Crippen molar-refractivity contribution in [2.24, 2.45) is 5.41 Å². The molecule has 0 radical (unpaired) electrons. The van der Waals surface area contributed by atoms with E-state index in [4.69, 9.17) is 4.74 Å². The molecule has 2 unspecified atom stereocenters. The van der Waals surface area contributed by atoms with Crippen molar-refractivity contribution in [3.05, 3.63) is 29.8 Å². The molecule has 0 aliphatic heterocycles. The summed E-state index contributed by atoms with van der Waals surface area (Å²) in [6.45, 7) is 5.09. The molecular weight excluding hydrogens is 276 g/mol. The Hall–Kier alpha value is -1.20. The van der Waals surface area contributed by atoms with Crippen LogP contribution in [0.4, 0.5) is 8.78 Å². The summed E-state index contributed by atoms with van der Waals surface area (Å²) in [4.78, 5) is 0. The Bertz CT molecular complexity index is 448. The van der Waals surface area contributed by atoms with E-state index in [0.29, 0.717) is 18.7 Å². The first kappa shape index (κ1) is 16.2. The van der Waals surface area contributed by atoms with Crippen LogP contribution in [0, 0.1) is 5.41 Å². The first-order valence-corrected chi connectivity index (χ1v) is 7.32. The maximum absolute atomic E-state index is 12.1. The van der Waals surface area contributed by atoms with E-state index < -0.39 is 6.61 Å². The van der Waals surface area contributed by atoms with Crippen molar-refractivity contribution in [2.45, 2.75) is 52.5 Å². The van der Waals surface area contributed by atoms with Gasteiger partial charge in [-0.05, 0) is 31.0 Å². The van der Waals surface area contributed by atoms with Crippen LogP contribution in [0.1, 0.15) is 32.8 Å². The summed E-state index contributed by atoms with van der Waals surface area (Å²) in [6, 6.07) is 7.15. The van der Waals surface area contributed by atoms with Crippen molar-refractivity contribution in [1.82, 2.24) is 5.32 Å². The molecule has 0 aromatic heterocycles. The van der Waals surface area contributed by atoms with E-state index in [1.807, 2.05) is 6.92 Å². The number of benzene rings is 1. The van der Waals surface area contributed by atoms with Crippen LogP contribution in [-0.4, -0.2) is 25.4 Å². The van der Waals surface area contributed by atoms with E-state index in [0.717, 1.165) is 18.6 Å². The summed E-state index contributed by atoms with van der Waals surface area (Å²) < 4.78 is 34.2. The zero-order valence-corrected chi connectivity index (χ0v) is 12.7. The first-order chi connectivity index (χ1) is 9.93. The summed E-state index contributed by atoms with van der Waals surface area (Å²) in [6.07, 6.45) is 1.31. The molecule has 1 fully saturated rings. The molecular formula is C16H23F2NO2. The Morgan fingerprint density at radius 3 is 2.48 bits per heavy atom. The van der Waals surface area contributed by atoms with E-state index in [1.165, 1.54) is 0 Å². The maximum Gasteiger partial charge on any atom is 0.387 e. The van der Waals surface area contributed by atoms with Crippen molar-refractivity contribution in [3.63, 3.8) is 0 Å². The first-order valence-electron chi connectivity index (χ1n) is 7.32. The third kappa shape index (κ3) is 3.92. The van der Waals surface area contributed by atoms with Gasteiger partial charge in [0.25, 0.3) is 0 Å². The molecule has 0 bridgehead atoms. The number of ether oxygens (including phenoxy) is 2. The number of hydrogen-bond acceptors (Lipinski definition) is 3. The highest BCUT2D eigenvalue weighted by Crippen LogP contribution is 2.42. The zero-order chi connectivity index (χ0) is 15.5. The zero-order valence-electron chi connectivity index (χ0n) is 12.7. The quantitative estimate of drug-likeness (QED) is 0.835. The number of halogens is 2. The summed E-state index contributed by atoms with van der Waals surface area (Å²) in [5, 5.41) is 3.51. The Balaban J connectivity index is 1.81. The number of nitrogens with one attached hydrogen (secondary N) is 1. The van der Waals surface area contributed by atoms with Gasteiger partial charge in [-0.15, -0.1) is 0 Å². The van der Waals surface area contributed by atoms with Gasteiger partial charge in [0, 0.05) is 24.6 Å². The minimum Gasteiger partial charge on any atom is -0.435 e. The molecule has 5 heteroatoms. The van der Waals surface area contributed by atoms with Crippen molar-refractivity contribution < 1.29 is 18.3 Å². The lowest BCUT2D eigenvalue weighted by atomic mass is 9.64. The number of hydrogen-bond donors (Lipinski definition) is 1. The second-order valence-electron chi connectivity index (χ2n) is 5.96. The van der Waals surface area contributed by atoms with Crippen LogP contribution in [0.15, 0.2) is 24.3 Å². The molecule has 0 amide bonds. The van der Waals surface area contributed by atoms with Crippen molar-refractivity contribution in [3.8, 4) is 5.75 Å². The molecule has 1 aromatic rings. The molecule has 2 rings (SSSR count). The Morgan fingerprint density at radius 1 is 1.29 bits per heavy atom. The Morgan fingerprint density at radius 2 is 1.95 bits per heavy atom. The lowest BCUT2D eigenvalue weighted by molar-refractivity contribution is -0.114. The van der Waals surface area contributed by atoms with E-state index >= 15 is 0 Å². The van der Waals surface area contributed by atoms with Gasteiger partial charge in [0.05, 0.1) is 6.10 Å². The van der Waals surface area contributed by atoms with E-state index in [1.54, 1.807) is 24.3 Å². The average Bonchev–Trinajstić information content (AvgIpc) is 2.43. The molecule has 1 saturated carbocycles. The average molecular weight is 299 g/mol. The van der Waals surface area contributed by atoms with E-state index in [9.17, 15) is 8.78 Å². The van der Waals surface area contributed by atoms with Crippen LogP contribution < -0.4 is 10.1 Å². The Kier molecular flexibility index (Phi) is 5.17. The van der Waals surface area contributed by atoms with Crippen LogP contribution in [-0.2, 0) is 11.3 Å². The molecule has 2 atom stereocenters. The van der Waals surface area contributed by atoms with Gasteiger partial charge in [0.1, 0.15) is 5.75 Å². The molecule has 0 spiro atoms. The lowest BCUT2D eigenvalue weighted by Gasteiger charge is -2.52. The molecule has 1 N–H and O–H groups in total. The van der Waals surface area contributed by atoms with Crippen LogP contribution >= 0.6 is 0 Å². The minimum absolute atomic E-state index is 0.120. The van der Waals surface area contributed by atoms with Crippen LogP contribution in [0.25, 0.3) is 0 Å². The molecule has 118 valence electrons. The van der Waals surface area contributed by atoms with Gasteiger partial charge in [0.2, 0.25) is 0 Å². The smallest absolute Gasteiger partial charge is 0.387 e. The predicted octanol–water partition coefficient (Wildman–Crippen LogP) is 3.58. The minimum atomic E-state index is -2.78. The monoisotopic (exact) mass is 299 g/mol. The standard InChI is InChI=1S/C16H23F2NO2/c1-4-20-14-9-13(16(14,2)3)19-10-11-5-7-12(8-6-11)21-15(17)18/h5-8,13-15,19H,4,9-10H2,1-3H3. The number of rotatable bonds is 7. The third-order valence-corrected chi connectivity index (χ3v) is 4.25. The molecule has 1 aliphatic carbocycles. The van der Waals surface area contributed by atoms with Gasteiger partial charge in [0.15, 0.2) is 0 Å². The second-order valence-corrected chi connectivity index (χ2v) is 5.96. The van der Waals surface area contributed by atoms with Crippen molar-refractivity contribution >= 4 is 0 Å². The summed E-state index contributed by atoms with van der Waals surface area (Å²) in [7, 11) is 0. The van der Waals surface area contributed by atoms with Crippen LogP contribution in [0.2, 0.25) is 0 Å². The predicted molar refractivity (Wildman–Crippen MR) is 77.5 cm³/mol. The van der Waals surface area contributed by atoms with E-state index in [-0.39, 0.29) is 11.2 Å². The maximum atomic E-state index is 12.1. The second kappa shape index (κ2) is 6.71. The topological polar surface area (TPSA) is 30.5 Å². The highest BCUT2D eigenvalue weighted by atomic mass is 19.3. The van der Waals surface area contributed by atoms with Gasteiger partial charge in [-0.3, -0.25) is 0 Å².